The Labute approximate surface area is 183 Å². The van der Waals surface area contributed by atoms with Crippen molar-refractivity contribution in [1.29, 1.82) is 0 Å². The highest BCUT2D eigenvalue weighted by Gasteiger charge is 2.41. The maximum atomic E-state index is 12.0. The van der Waals surface area contributed by atoms with E-state index in [4.69, 9.17) is 9.47 Å². The van der Waals surface area contributed by atoms with Crippen molar-refractivity contribution < 1.29 is 14.3 Å². The molecule has 0 aliphatic heterocycles. The van der Waals surface area contributed by atoms with Crippen molar-refractivity contribution in [3.63, 3.8) is 0 Å². The summed E-state index contributed by atoms with van der Waals surface area (Å²) in [6.45, 7) is 4.29. The Bertz CT molecular complexity index is 856. The number of hydrogen-bond donors (Lipinski definition) is 3. The van der Waals surface area contributed by atoms with Crippen LogP contribution in [0.3, 0.4) is 0 Å². The molecule has 0 amide bonds. The van der Waals surface area contributed by atoms with Gasteiger partial charge in [0.1, 0.15) is 24.4 Å². The van der Waals surface area contributed by atoms with Crippen LogP contribution in [0.4, 0.5) is 11.4 Å². The van der Waals surface area contributed by atoms with Crippen LogP contribution in [-0.2, 0) is 10.2 Å². The minimum atomic E-state index is -0.440. The van der Waals surface area contributed by atoms with Gasteiger partial charge < -0.3 is 29.6 Å². The van der Waals surface area contributed by atoms with Crippen molar-refractivity contribution in [2.75, 3.05) is 43.9 Å². The van der Waals surface area contributed by atoms with Crippen molar-refractivity contribution in [1.82, 2.24) is 5.32 Å². The number of benzene rings is 2. The van der Waals surface area contributed by atoms with E-state index in [1.165, 1.54) is 11.9 Å². The van der Waals surface area contributed by atoms with Gasteiger partial charge in [0.2, 0.25) is 0 Å². The summed E-state index contributed by atoms with van der Waals surface area (Å²) in [6, 6.07) is 11.9. The Hall–Kier alpha value is -2.38. The summed E-state index contributed by atoms with van der Waals surface area (Å²) >= 11 is 1.48. The number of methoxy groups -OCH3 is 1. The van der Waals surface area contributed by atoms with E-state index in [0.717, 1.165) is 72.0 Å². The average Bonchev–Trinajstić information content (AvgIpc) is 2.75. The molecule has 1 saturated carbocycles. The second kappa shape index (κ2) is 10.6. The number of ether oxygens (including phenoxy) is 2. The molecule has 3 rings (SSSR count). The molecule has 162 valence electrons. The van der Waals surface area contributed by atoms with E-state index < -0.39 is 5.41 Å². The number of carbonyl (C=O) groups is 1. The number of carbonyl (C=O) groups excluding carboxylic acids is 1. The van der Waals surface area contributed by atoms with E-state index >= 15 is 0 Å². The molecule has 0 atom stereocenters. The molecule has 3 N–H and O–H groups in total. The first-order chi connectivity index (χ1) is 14.7. The summed E-state index contributed by atoms with van der Waals surface area (Å²) in [7, 11) is 3.55. The second-order valence-corrected chi connectivity index (χ2v) is 8.18. The Kier molecular flexibility index (Phi) is 7.87. The fraction of sp³-hybridized carbons (Fsp3) is 0.435. The van der Waals surface area contributed by atoms with Crippen LogP contribution in [0.2, 0.25) is 0 Å². The van der Waals surface area contributed by atoms with E-state index in [2.05, 4.69) is 28.3 Å². The van der Waals surface area contributed by atoms with Crippen LogP contribution in [-0.4, -0.2) is 40.1 Å². The molecule has 0 unspecified atom stereocenters. The van der Waals surface area contributed by atoms with Gasteiger partial charge in [0.15, 0.2) is 0 Å². The Morgan fingerprint density at radius 3 is 2.63 bits per heavy atom. The number of rotatable bonds is 12. The Morgan fingerprint density at radius 2 is 2.00 bits per heavy atom. The molecule has 0 bridgehead atoms. The van der Waals surface area contributed by atoms with E-state index in [0.29, 0.717) is 6.61 Å². The third kappa shape index (κ3) is 4.84. The van der Waals surface area contributed by atoms with Gasteiger partial charge >= 0.3 is 0 Å². The number of likely N-dealkylation sites (N-methyl/N-ethyl adjacent to an activating group) is 1. The first-order valence-electron chi connectivity index (χ1n) is 10.4. The minimum Gasteiger partial charge on any atom is -0.496 e. The predicted octanol–water partition coefficient (Wildman–Crippen LogP) is 4.47. The third-order valence-electron chi connectivity index (χ3n) is 5.49. The standard InChI is InChI=1S/C23H31N3O3S/c1-4-25-12-13-29-20-15-17(26-30-21-9-6-5-8-19(21)28-3)14-18(22(20)24-2)23(16-27)10-7-11-23/h5-6,8-9,14-16,24-26H,4,7,10-13H2,1-3H3. The summed E-state index contributed by atoms with van der Waals surface area (Å²) in [5, 5.41) is 6.55. The van der Waals surface area contributed by atoms with Gasteiger partial charge in [0.05, 0.1) is 23.1 Å². The van der Waals surface area contributed by atoms with Crippen molar-refractivity contribution in [3.8, 4) is 11.5 Å². The lowest BCUT2D eigenvalue weighted by molar-refractivity contribution is -0.115. The van der Waals surface area contributed by atoms with Crippen molar-refractivity contribution >= 4 is 29.6 Å². The van der Waals surface area contributed by atoms with Gasteiger partial charge in [-0.05, 0) is 55.1 Å². The third-order valence-corrected chi connectivity index (χ3v) is 6.39. The van der Waals surface area contributed by atoms with Crippen LogP contribution in [0.1, 0.15) is 31.7 Å². The first-order valence-corrected chi connectivity index (χ1v) is 11.2. The molecule has 0 heterocycles. The van der Waals surface area contributed by atoms with Gasteiger partial charge in [0.25, 0.3) is 0 Å². The van der Waals surface area contributed by atoms with E-state index in [1.807, 2.05) is 37.4 Å². The molecular formula is C23H31N3O3S. The van der Waals surface area contributed by atoms with Crippen LogP contribution < -0.4 is 24.8 Å². The molecule has 2 aromatic carbocycles. The van der Waals surface area contributed by atoms with Gasteiger partial charge in [-0.2, -0.15) is 0 Å². The number of nitrogens with one attached hydrogen (secondary N) is 3. The van der Waals surface area contributed by atoms with Crippen molar-refractivity contribution in [2.24, 2.45) is 0 Å². The molecule has 2 aromatic rings. The van der Waals surface area contributed by atoms with Gasteiger partial charge in [-0.25, -0.2) is 0 Å². The highest BCUT2D eigenvalue weighted by atomic mass is 32.2. The average molecular weight is 430 g/mol. The van der Waals surface area contributed by atoms with Gasteiger partial charge in [-0.3, -0.25) is 0 Å². The highest BCUT2D eigenvalue weighted by Crippen LogP contribution is 2.49. The molecular weight excluding hydrogens is 398 g/mol. The molecule has 0 radical (unpaired) electrons. The van der Waals surface area contributed by atoms with Crippen LogP contribution in [0.5, 0.6) is 11.5 Å². The zero-order valence-corrected chi connectivity index (χ0v) is 18.7. The van der Waals surface area contributed by atoms with Crippen molar-refractivity contribution in [2.45, 2.75) is 36.5 Å². The van der Waals surface area contributed by atoms with E-state index in [1.54, 1.807) is 7.11 Å². The molecule has 1 aliphatic carbocycles. The number of para-hydroxylation sites is 1. The molecule has 30 heavy (non-hydrogen) atoms. The maximum Gasteiger partial charge on any atom is 0.144 e. The zero-order chi connectivity index (χ0) is 21.4. The summed E-state index contributed by atoms with van der Waals surface area (Å²) in [6.07, 6.45) is 3.90. The topological polar surface area (TPSA) is 71.6 Å². The fourth-order valence-electron chi connectivity index (χ4n) is 3.67. The van der Waals surface area contributed by atoms with Crippen LogP contribution in [0.15, 0.2) is 41.3 Å². The Morgan fingerprint density at radius 1 is 1.20 bits per heavy atom. The van der Waals surface area contributed by atoms with Crippen molar-refractivity contribution in [3.05, 3.63) is 42.0 Å². The quantitative estimate of drug-likeness (QED) is 0.261. The maximum absolute atomic E-state index is 12.0. The smallest absolute Gasteiger partial charge is 0.144 e. The zero-order valence-electron chi connectivity index (χ0n) is 17.9. The van der Waals surface area contributed by atoms with E-state index in [-0.39, 0.29) is 0 Å². The lowest BCUT2D eigenvalue weighted by Gasteiger charge is -2.39. The number of hydrogen-bond acceptors (Lipinski definition) is 7. The molecule has 7 heteroatoms. The fourth-order valence-corrected chi connectivity index (χ4v) is 4.42. The SMILES string of the molecule is CCNCCOc1cc(NSc2ccccc2OC)cc(C2(C=O)CCC2)c1NC. The summed E-state index contributed by atoms with van der Waals surface area (Å²) in [4.78, 5) is 13.0. The number of aldehydes is 1. The lowest BCUT2D eigenvalue weighted by Crippen LogP contribution is -2.36. The molecule has 0 aromatic heterocycles. The number of anilines is 2. The molecule has 1 aliphatic rings. The molecule has 6 nitrogen and oxygen atoms in total. The monoisotopic (exact) mass is 429 g/mol. The lowest BCUT2D eigenvalue weighted by atomic mass is 9.65. The van der Waals surface area contributed by atoms with Gasteiger partial charge in [0, 0.05) is 25.3 Å². The molecule has 1 fully saturated rings. The highest BCUT2D eigenvalue weighted by molar-refractivity contribution is 8.00. The van der Waals surface area contributed by atoms with Crippen LogP contribution in [0, 0.1) is 0 Å². The summed E-state index contributed by atoms with van der Waals surface area (Å²) < 4.78 is 15.0. The normalized spacial score (nSPS) is 14.5. The largest absolute Gasteiger partial charge is 0.496 e. The summed E-state index contributed by atoms with van der Waals surface area (Å²) in [5.74, 6) is 1.57. The molecule has 0 spiro atoms. The second-order valence-electron chi connectivity index (χ2n) is 7.33. The predicted molar refractivity (Wildman–Crippen MR) is 124 cm³/mol. The first kappa shape index (κ1) is 22.3. The Balaban J connectivity index is 1.90. The van der Waals surface area contributed by atoms with E-state index in [9.17, 15) is 4.79 Å². The van der Waals surface area contributed by atoms with Gasteiger partial charge in [-0.1, -0.05) is 25.5 Å². The van der Waals surface area contributed by atoms with Crippen LogP contribution >= 0.6 is 11.9 Å². The minimum absolute atomic E-state index is 0.440. The summed E-state index contributed by atoms with van der Waals surface area (Å²) in [5.41, 5.74) is 2.35. The van der Waals surface area contributed by atoms with Crippen LogP contribution in [0.25, 0.3) is 0 Å². The molecule has 0 saturated heterocycles. The van der Waals surface area contributed by atoms with Gasteiger partial charge in [-0.15, -0.1) is 0 Å².